The number of aliphatic hydroxyl groups excluding tert-OH is 1. The second-order valence-corrected chi connectivity index (χ2v) is 3.19. The zero-order valence-corrected chi connectivity index (χ0v) is 7.36. The average molecular weight is 169 g/mol. The summed E-state index contributed by atoms with van der Waals surface area (Å²) < 4.78 is 0. The van der Waals surface area contributed by atoms with Crippen molar-refractivity contribution in [1.82, 2.24) is 4.90 Å². The summed E-state index contributed by atoms with van der Waals surface area (Å²) in [5.41, 5.74) is 0. The van der Waals surface area contributed by atoms with Crippen molar-refractivity contribution < 1.29 is 9.90 Å². The summed E-state index contributed by atoms with van der Waals surface area (Å²) in [4.78, 5) is 12.9. The van der Waals surface area contributed by atoms with Crippen LogP contribution in [0, 0.1) is 0 Å². The molecule has 2 unspecified atom stereocenters. The number of carbonyl (C=O) groups excluding carboxylic acids is 1. The van der Waals surface area contributed by atoms with Crippen LogP contribution in [0.5, 0.6) is 0 Å². The highest BCUT2D eigenvalue weighted by Gasteiger charge is 2.30. The van der Waals surface area contributed by atoms with Gasteiger partial charge in [-0.15, -0.1) is 0 Å². The van der Waals surface area contributed by atoms with Crippen LogP contribution in [0.1, 0.15) is 19.8 Å². The summed E-state index contributed by atoms with van der Waals surface area (Å²) in [6.45, 7) is 5.90. The molecule has 1 N–H and O–H groups in total. The molecular formula is C9H15NO2. The first-order valence-corrected chi connectivity index (χ1v) is 4.28. The maximum absolute atomic E-state index is 11.2. The fourth-order valence-corrected chi connectivity index (χ4v) is 1.68. The first-order valence-electron chi connectivity index (χ1n) is 4.28. The predicted octanol–water partition coefficient (Wildman–Crippen LogP) is 0.544. The molecule has 1 rings (SSSR count). The lowest BCUT2D eigenvalue weighted by Gasteiger charge is -2.25. The van der Waals surface area contributed by atoms with E-state index >= 15 is 0 Å². The van der Waals surface area contributed by atoms with E-state index in [1.807, 2.05) is 0 Å². The number of rotatable bonds is 2. The topological polar surface area (TPSA) is 40.5 Å². The number of hydrogen-bond acceptors (Lipinski definition) is 2. The SMILES string of the molecule is C=CC(=O)N1CCCC1C(C)O. The van der Waals surface area contributed by atoms with Crippen LogP contribution >= 0.6 is 0 Å². The number of carbonyl (C=O) groups is 1. The standard InChI is InChI=1S/C9H15NO2/c1-3-9(12)10-6-4-5-8(10)7(2)11/h3,7-8,11H,1,4-6H2,2H3. The third kappa shape index (κ3) is 1.67. The molecular weight excluding hydrogens is 154 g/mol. The van der Waals surface area contributed by atoms with Crippen molar-refractivity contribution in [2.24, 2.45) is 0 Å². The molecule has 0 saturated carbocycles. The largest absolute Gasteiger partial charge is 0.391 e. The van der Waals surface area contributed by atoms with Crippen LogP contribution in [-0.4, -0.2) is 34.6 Å². The van der Waals surface area contributed by atoms with Gasteiger partial charge >= 0.3 is 0 Å². The summed E-state index contributed by atoms with van der Waals surface area (Å²) in [5.74, 6) is -0.0709. The summed E-state index contributed by atoms with van der Waals surface area (Å²) in [6.07, 6.45) is 2.75. The van der Waals surface area contributed by atoms with Gasteiger partial charge in [-0.05, 0) is 25.8 Å². The molecule has 0 aromatic heterocycles. The van der Waals surface area contributed by atoms with Crippen LogP contribution in [0.4, 0.5) is 0 Å². The summed E-state index contributed by atoms with van der Waals surface area (Å²) >= 11 is 0. The van der Waals surface area contributed by atoms with Gasteiger partial charge in [0, 0.05) is 6.54 Å². The molecule has 2 atom stereocenters. The summed E-state index contributed by atoms with van der Waals surface area (Å²) in [6, 6.07) is -0.00417. The van der Waals surface area contributed by atoms with Crippen LogP contribution in [0.15, 0.2) is 12.7 Å². The zero-order chi connectivity index (χ0) is 9.14. The van der Waals surface area contributed by atoms with E-state index in [1.165, 1.54) is 6.08 Å². The van der Waals surface area contributed by atoms with Crippen LogP contribution in [-0.2, 0) is 4.79 Å². The molecule has 0 spiro atoms. The molecule has 0 radical (unpaired) electrons. The number of likely N-dealkylation sites (tertiary alicyclic amines) is 1. The second-order valence-electron chi connectivity index (χ2n) is 3.19. The normalized spacial score (nSPS) is 25.5. The Hall–Kier alpha value is -0.830. The van der Waals surface area contributed by atoms with Crippen molar-refractivity contribution in [1.29, 1.82) is 0 Å². The van der Waals surface area contributed by atoms with E-state index in [1.54, 1.807) is 11.8 Å². The Kier molecular flexibility index (Phi) is 2.87. The Morgan fingerprint density at radius 2 is 2.50 bits per heavy atom. The van der Waals surface area contributed by atoms with E-state index in [-0.39, 0.29) is 11.9 Å². The number of aliphatic hydroxyl groups is 1. The third-order valence-corrected chi connectivity index (χ3v) is 2.31. The van der Waals surface area contributed by atoms with Gasteiger partial charge in [0.05, 0.1) is 12.1 Å². The molecule has 0 aliphatic carbocycles. The molecule has 12 heavy (non-hydrogen) atoms. The van der Waals surface area contributed by atoms with E-state index in [4.69, 9.17) is 0 Å². The maximum Gasteiger partial charge on any atom is 0.246 e. The highest BCUT2D eigenvalue weighted by molar-refractivity contribution is 5.87. The van der Waals surface area contributed by atoms with Crippen molar-refractivity contribution >= 4 is 5.91 Å². The predicted molar refractivity (Wildman–Crippen MR) is 46.6 cm³/mol. The molecule has 3 heteroatoms. The lowest BCUT2D eigenvalue weighted by Crippen LogP contribution is -2.40. The Morgan fingerprint density at radius 1 is 1.83 bits per heavy atom. The first kappa shape index (κ1) is 9.26. The van der Waals surface area contributed by atoms with E-state index in [0.29, 0.717) is 0 Å². The quantitative estimate of drug-likeness (QED) is 0.613. The van der Waals surface area contributed by atoms with Crippen molar-refractivity contribution in [2.45, 2.75) is 31.9 Å². The van der Waals surface area contributed by atoms with Gasteiger partial charge in [-0.3, -0.25) is 4.79 Å². The second kappa shape index (κ2) is 3.72. The molecule has 1 amide bonds. The van der Waals surface area contributed by atoms with Gasteiger partial charge in [0.15, 0.2) is 0 Å². The van der Waals surface area contributed by atoms with E-state index in [2.05, 4.69) is 6.58 Å². The van der Waals surface area contributed by atoms with Crippen LogP contribution in [0.2, 0.25) is 0 Å². The molecule has 3 nitrogen and oxygen atoms in total. The number of hydrogen-bond donors (Lipinski definition) is 1. The van der Waals surface area contributed by atoms with Gasteiger partial charge in [0.1, 0.15) is 0 Å². The summed E-state index contributed by atoms with van der Waals surface area (Å²) in [7, 11) is 0. The Bertz CT molecular complexity index is 189. The van der Waals surface area contributed by atoms with Crippen LogP contribution < -0.4 is 0 Å². The molecule has 1 saturated heterocycles. The van der Waals surface area contributed by atoms with Gasteiger partial charge in [0.2, 0.25) is 5.91 Å². The molecule has 0 bridgehead atoms. The van der Waals surface area contributed by atoms with E-state index < -0.39 is 6.10 Å². The lowest BCUT2D eigenvalue weighted by atomic mass is 10.1. The molecule has 1 heterocycles. The van der Waals surface area contributed by atoms with Crippen molar-refractivity contribution in [3.8, 4) is 0 Å². The molecule has 0 aromatic carbocycles. The highest BCUT2D eigenvalue weighted by atomic mass is 16.3. The fraction of sp³-hybridized carbons (Fsp3) is 0.667. The molecule has 1 aliphatic rings. The van der Waals surface area contributed by atoms with E-state index in [9.17, 15) is 9.90 Å². The average Bonchev–Trinajstić information content (AvgIpc) is 2.50. The van der Waals surface area contributed by atoms with Gasteiger partial charge in [-0.1, -0.05) is 6.58 Å². The Balaban J connectivity index is 2.63. The number of amides is 1. The van der Waals surface area contributed by atoms with Gasteiger partial charge in [-0.25, -0.2) is 0 Å². The van der Waals surface area contributed by atoms with Crippen molar-refractivity contribution in [3.05, 3.63) is 12.7 Å². The Morgan fingerprint density at radius 3 is 3.00 bits per heavy atom. The zero-order valence-electron chi connectivity index (χ0n) is 7.36. The molecule has 68 valence electrons. The fourth-order valence-electron chi connectivity index (χ4n) is 1.68. The lowest BCUT2D eigenvalue weighted by molar-refractivity contribution is -0.128. The van der Waals surface area contributed by atoms with E-state index in [0.717, 1.165) is 19.4 Å². The summed E-state index contributed by atoms with van der Waals surface area (Å²) in [5, 5.41) is 9.34. The molecule has 1 aliphatic heterocycles. The Labute approximate surface area is 72.7 Å². The van der Waals surface area contributed by atoms with Crippen LogP contribution in [0.3, 0.4) is 0 Å². The van der Waals surface area contributed by atoms with Crippen molar-refractivity contribution in [2.75, 3.05) is 6.54 Å². The monoisotopic (exact) mass is 169 g/mol. The van der Waals surface area contributed by atoms with Gasteiger partial charge in [0.25, 0.3) is 0 Å². The first-order chi connectivity index (χ1) is 5.66. The minimum atomic E-state index is -0.434. The minimum absolute atomic E-state index is 0.00417. The third-order valence-electron chi connectivity index (χ3n) is 2.31. The molecule has 1 fully saturated rings. The smallest absolute Gasteiger partial charge is 0.246 e. The van der Waals surface area contributed by atoms with Crippen LogP contribution in [0.25, 0.3) is 0 Å². The highest BCUT2D eigenvalue weighted by Crippen LogP contribution is 2.20. The molecule has 0 aromatic rings. The maximum atomic E-state index is 11.2. The number of nitrogens with zero attached hydrogens (tertiary/aromatic N) is 1. The van der Waals surface area contributed by atoms with Crippen molar-refractivity contribution in [3.63, 3.8) is 0 Å². The minimum Gasteiger partial charge on any atom is -0.391 e. The van der Waals surface area contributed by atoms with Gasteiger partial charge < -0.3 is 10.0 Å². The van der Waals surface area contributed by atoms with Gasteiger partial charge in [-0.2, -0.15) is 0 Å².